The third-order valence-corrected chi connectivity index (χ3v) is 1.75. The number of aryl methyl sites for hydroxylation is 1. The molecule has 3 heteroatoms. The Morgan fingerprint density at radius 2 is 2.08 bits per heavy atom. The average Bonchev–Trinajstić information content (AvgIpc) is 2.53. The molecule has 0 saturated heterocycles. The van der Waals surface area contributed by atoms with E-state index in [1.54, 1.807) is 24.5 Å². The topological polar surface area (TPSA) is 46.3 Å². The number of aromatic hydroxyl groups is 1. The molecular formula is C10H9NO2. The average molecular weight is 175 g/mol. The molecule has 0 aliphatic rings. The van der Waals surface area contributed by atoms with Crippen molar-refractivity contribution in [2.45, 2.75) is 6.92 Å². The van der Waals surface area contributed by atoms with Crippen LogP contribution in [0, 0.1) is 6.92 Å². The minimum atomic E-state index is 0.185. The highest BCUT2D eigenvalue weighted by atomic mass is 16.3. The van der Waals surface area contributed by atoms with Crippen LogP contribution in [0.3, 0.4) is 0 Å². The van der Waals surface area contributed by atoms with Gasteiger partial charge in [-0.05, 0) is 19.1 Å². The molecule has 2 aromatic rings. The van der Waals surface area contributed by atoms with Crippen LogP contribution in [0.5, 0.6) is 5.75 Å². The number of aromatic nitrogens is 1. The summed E-state index contributed by atoms with van der Waals surface area (Å²) in [6.45, 7) is 1.84. The molecule has 2 rings (SSSR count). The van der Waals surface area contributed by atoms with Gasteiger partial charge in [-0.1, -0.05) is 12.1 Å². The maximum absolute atomic E-state index is 9.47. The zero-order chi connectivity index (χ0) is 9.26. The monoisotopic (exact) mass is 175 g/mol. The minimum absolute atomic E-state index is 0.185. The number of oxazole rings is 1. The molecule has 0 aliphatic heterocycles. The van der Waals surface area contributed by atoms with Gasteiger partial charge in [-0.2, -0.15) is 0 Å². The number of hydrogen-bond donors (Lipinski definition) is 1. The molecule has 1 N–H and O–H groups in total. The Morgan fingerprint density at radius 3 is 2.69 bits per heavy atom. The summed E-state index contributed by atoms with van der Waals surface area (Å²) >= 11 is 0. The summed E-state index contributed by atoms with van der Waals surface area (Å²) in [5.41, 5.74) is 1.42. The number of benzene rings is 1. The van der Waals surface area contributed by atoms with Crippen molar-refractivity contribution >= 4 is 0 Å². The Morgan fingerprint density at radius 1 is 1.31 bits per heavy atom. The highest BCUT2D eigenvalue weighted by Gasteiger charge is 2.07. The quantitative estimate of drug-likeness (QED) is 0.723. The van der Waals surface area contributed by atoms with E-state index in [1.807, 2.05) is 13.0 Å². The first-order chi connectivity index (χ1) is 6.27. The molecule has 0 bridgehead atoms. The van der Waals surface area contributed by atoms with E-state index < -0.39 is 0 Å². The second-order valence-electron chi connectivity index (χ2n) is 2.81. The van der Waals surface area contributed by atoms with E-state index in [2.05, 4.69) is 4.98 Å². The number of para-hydroxylation sites is 1. The Bertz CT molecular complexity index is 420. The van der Waals surface area contributed by atoms with E-state index in [0.717, 1.165) is 5.69 Å². The van der Waals surface area contributed by atoms with Gasteiger partial charge in [-0.25, -0.2) is 4.98 Å². The van der Waals surface area contributed by atoms with Crippen molar-refractivity contribution in [2.75, 3.05) is 0 Å². The second kappa shape index (κ2) is 2.94. The van der Waals surface area contributed by atoms with Crippen molar-refractivity contribution < 1.29 is 9.52 Å². The number of phenols is 1. The third kappa shape index (κ3) is 1.40. The van der Waals surface area contributed by atoms with Crippen LogP contribution in [0.25, 0.3) is 11.5 Å². The smallest absolute Gasteiger partial charge is 0.229 e. The van der Waals surface area contributed by atoms with Gasteiger partial charge in [0.25, 0.3) is 0 Å². The number of hydrogen-bond acceptors (Lipinski definition) is 3. The summed E-state index contributed by atoms with van der Waals surface area (Å²) in [6.07, 6.45) is 1.56. The molecule has 66 valence electrons. The van der Waals surface area contributed by atoms with Crippen LogP contribution in [0.15, 0.2) is 34.9 Å². The normalized spacial score (nSPS) is 10.2. The lowest BCUT2D eigenvalue weighted by Gasteiger charge is -1.97. The Balaban J connectivity index is 2.52. The zero-order valence-electron chi connectivity index (χ0n) is 7.19. The SMILES string of the molecule is Cc1coc(-c2ccccc2O)n1. The third-order valence-electron chi connectivity index (χ3n) is 1.75. The summed E-state index contributed by atoms with van der Waals surface area (Å²) in [5.74, 6) is 0.639. The summed E-state index contributed by atoms with van der Waals surface area (Å²) in [6, 6.07) is 6.96. The molecule has 0 radical (unpaired) electrons. The van der Waals surface area contributed by atoms with Gasteiger partial charge in [0.05, 0.1) is 11.3 Å². The summed E-state index contributed by atoms with van der Waals surface area (Å²) in [7, 11) is 0. The van der Waals surface area contributed by atoms with Crippen LogP contribution in [0.1, 0.15) is 5.69 Å². The van der Waals surface area contributed by atoms with Gasteiger partial charge in [0.1, 0.15) is 12.0 Å². The summed E-state index contributed by atoms with van der Waals surface area (Å²) < 4.78 is 5.16. The highest BCUT2D eigenvalue weighted by Crippen LogP contribution is 2.27. The Kier molecular flexibility index (Phi) is 1.77. The predicted octanol–water partition coefficient (Wildman–Crippen LogP) is 2.36. The highest BCUT2D eigenvalue weighted by molar-refractivity contribution is 5.61. The van der Waals surface area contributed by atoms with Gasteiger partial charge < -0.3 is 9.52 Å². The van der Waals surface area contributed by atoms with Gasteiger partial charge in [-0.3, -0.25) is 0 Å². The fraction of sp³-hybridized carbons (Fsp3) is 0.100. The molecular weight excluding hydrogens is 166 g/mol. The van der Waals surface area contributed by atoms with Crippen LogP contribution in [0.2, 0.25) is 0 Å². The van der Waals surface area contributed by atoms with Gasteiger partial charge >= 0.3 is 0 Å². The van der Waals surface area contributed by atoms with Crippen molar-refractivity contribution in [1.82, 2.24) is 4.98 Å². The van der Waals surface area contributed by atoms with Gasteiger partial charge in [0.15, 0.2) is 0 Å². The summed E-state index contributed by atoms with van der Waals surface area (Å²) in [4.78, 5) is 4.12. The van der Waals surface area contributed by atoms with Crippen LogP contribution >= 0.6 is 0 Å². The molecule has 0 fully saturated rings. The van der Waals surface area contributed by atoms with E-state index in [9.17, 15) is 5.11 Å². The first-order valence-electron chi connectivity index (χ1n) is 3.98. The first-order valence-corrected chi connectivity index (χ1v) is 3.98. The standard InChI is InChI=1S/C10H9NO2/c1-7-6-13-10(11-7)8-4-2-3-5-9(8)12/h2-6,12H,1H3. The second-order valence-corrected chi connectivity index (χ2v) is 2.81. The zero-order valence-corrected chi connectivity index (χ0v) is 7.19. The van der Waals surface area contributed by atoms with Crippen LogP contribution in [0.4, 0.5) is 0 Å². The van der Waals surface area contributed by atoms with Crippen LogP contribution < -0.4 is 0 Å². The number of rotatable bonds is 1. The lowest BCUT2D eigenvalue weighted by molar-refractivity contribution is 0.473. The molecule has 0 aliphatic carbocycles. The van der Waals surface area contributed by atoms with E-state index in [1.165, 1.54) is 0 Å². The summed E-state index contributed by atoms with van der Waals surface area (Å²) in [5, 5.41) is 9.47. The van der Waals surface area contributed by atoms with Crippen molar-refractivity contribution in [3.05, 3.63) is 36.2 Å². The Hall–Kier alpha value is -1.77. The molecule has 0 saturated carbocycles. The number of phenolic OH excluding ortho intramolecular Hbond substituents is 1. The van der Waals surface area contributed by atoms with Crippen molar-refractivity contribution in [3.63, 3.8) is 0 Å². The molecule has 1 aromatic carbocycles. The van der Waals surface area contributed by atoms with Crippen LogP contribution in [-0.4, -0.2) is 10.1 Å². The van der Waals surface area contributed by atoms with Gasteiger partial charge in [0, 0.05) is 0 Å². The maximum Gasteiger partial charge on any atom is 0.229 e. The molecule has 0 amide bonds. The van der Waals surface area contributed by atoms with Gasteiger partial charge in [0.2, 0.25) is 5.89 Å². The van der Waals surface area contributed by atoms with Gasteiger partial charge in [-0.15, -0.1) is 0 Å². The fourth-order valence-corrected chi connectivity index (χ4v) is 1.13. The molecule has 1 heterocycles. The Labute approximate surface area is 75.7 Å². The molecule has 0 spiro atoms. The predicted molar refractivity (Wildman–Crippen MR) is 48.3 cm³/mol. The fourth-order valence-electron chi connectivity index (χ4n) is 1.13. The van der Waals surface area contributed by atoms with E-state index in [-0.39, 0.29) is 5.75 Å². The molecule has 1 aromatic heterocycles. The molecule has 0 atom stereocenters. The van der Waals surface area contributed by atoms with Crippen molar-refractivity contribution in [1.29, 1.82) is 0 Å². The van der Waals surface area contributed by atoms with Crippen LogP contribution in [-0.2, 0) is 0 Å². The van der Waals surface area contributed by atoms with Crippen molar-refractivity contribution in [3.8, 4) is 17.2 Å². The lowest BCUT2D eigenvalue weighted by Crippen LogP contribution is -1.78. The molecule has 3 nitrogen and oxygen atoms in total. The maximum atomic E-state index is 9.47. The number of nitrogens with zero attached hydrogens (tertiary/aromatic N) is 1. The first kappa shape index (κ1) is 7.86. The lowest BCUT2D eigenvalue weighted by atomic mass is 10.2. The van der Waals surface area contributed by atoms with E-state index in [4.69, 9.17) is 4.42 Å². The largest absolute Gasteiger partial charge is 0.507 e. The van der Waals surface area contributed by atoms with E-state index in [0.29, 0.717) is 11.5 Å². The molecule has 13 heavy (non-hydrogen) atoms. The molecule has 0 unspecified atom stereocenters. The van der Waals surface area contributed by atoms with Crippen molar-refractivity contribution in [2.24, 2.45) is 0 Å². The van der Waals surface area contributed by atoms with E-state index >= 15 is 0 Å². The minimum Gasteiger partial charge on any atom is -0.507 e.